The maximum absolute atomic E-state index is 11.3. The van der Waals surface area contributed by atoms with E-state index in [4.69, 9.17) is 22.5 Å². The molecule has 100 valence electrons. The average molecular weight is 315 g/mol. The summed E-state index contributed by atoms with van der Waals surface area (Å²) < 4.78 is 22.7. The average Bonchev–Trinajstić information content (AvgIpc) is 2.26. The minimum absolute atomic E-state index is 0.00275. The number of rotatable bonds is 3. The number of halogens is 1. The first kappa shape index (κ1) is 14.2. The lowest BCUT2D eigenvalue weighted by Gasteiger charge is -2.06. The van der Waals surface area contributed by atoms with Crippen LogP contribution in [0.5, 0.6) is 0 Å². The summed E-state index contributed by atoms with van der Waals surface area (Å²) in [6.45, 7) is 0. The first-order chi connectivity index (χ1) is 8.84. The molecule has 0 atom stereocenters. The number of hydrogen-bond donors (Lipinski definition) is 2. The number of primary sulfonamides is 1. The van der Waals surface area contributed by atoms with Gasteiger partial charge >= 0.3 is 0 Å². The minimum atomic E-state index is -3.77. The van der Waals surface area contributed by atoms with Gasteiger partial charge in [0.25, 0.3) is 0 Å². The predicted molar refractivity (Wildman–Crippen MR) is 77.8 cm³/mol. The summed E-state index contributed by atoms with van der Waals surface area (Å²) >= 11 is 7.25. The van der Waals surface area contributed by atoms with E-state index in [0.29, 0.717) is 15.6 Å². The highest BCUT2D eigenvalue weighted by molar-refractivity contribution is 7.99. The molecule has 0 aliphatic rings. The summed E-state index contributed by atoms with van der Waals surface area (Å²) in [5, 5.41) is 5.71. The Morgan fingerprint density at radius 2 is 1.79 bits per heavy atom. The normalized spacial score (nSPS) is 11.5. The van der Waals surface area contributed by atoms with Crippen LogP contribution in [0.15, 0.2) is 57.2 Å². The van der Waals surface area contributed by atoms with Gasteiger partial charge < -0.3 is 5.73 Å². The molecule has 19 heavy (non-hydrogen) atoms. The highest BCUT2D eigenvalue weighted by Gasteiger charge is 2.10. The second kappa shape index (κ2) is 5.42. The number of hydrogen-bond acceptors (Lipinski definition) is 4. The molecule has 4 nitrogen and oxygen atoms in total. The molecule has 0 amide bonds. The maximum Gasteiger partial charge on any atom is 0.238 e. The molecule has 2 aromatic carbocycles. The summed E-state index contributed by atoms with van der Waals surface area (Å²) in [5.74, 6) is 0. The van der Waals surface area contributed by atoms with Gasteiger partial charge in [-0.3, -0.25) is 0 Å². The molecule has 7 heteroatoms. The Morgan fingerprint density at radius 1 is 1.05 bits per heavy atom. The highest BCUT2D eigenvalue weighted by atomic mass is 35.5. The monoisotopic (exact) mass is 314 g/mol. The van der Waals surface area contributed by atoms with Gasteiger partial charge in [-0.25, -0.2) is 13.6 Å². The van der Waals surface area contributed by atoms with Gasteiger partial charge in [0.15, 0.2) is 0 Å². The zero-order valence-corrected chi connectivity index (χ0v) is 12.1. The summed E-state index contributed by atoms with van der Waals surface area (Å²) in [7, 11) is -3.77. The van der Waals surface area contributed by atoms with Crippen LogP contribution in [0.1, 0.15) is 0 Å². The van der Waals surface area contributed by atoms with Crippen molar-refractivity contribution in [3.05, 3.63) is 47.5 Å². The van der Waals surface area contributed by atoms with Crippen LogP contribution in [-0.2, 0) is 10.0 Å². The molecule has 0 radical (unpaired) electrons. The van der Waals surface area contributed by atoms with E-state index in [1.54, 1.807) is 18.2 Å². The molecule has 0 fully saturated rings. The lowest BCUT2D eigenvalue weighted by Crippen LogP contribution is -2.12. The molecular weight excluding hydrogens is 304 g/mol. The summed E-state index contributed by atoms with van der Waals surface area (Å²) in [4.78, 5) is 1.57. The van der Waals surface area contributed by atoms with Gasteiger partial charge in [-0.15, -0.1) is 0 Å². The molecular formula is C12H11ClN2O2S2. The molecule has 0 aromatic heterocycles. The largest absolute Gasteiger partial charge is 0.399 e. The molecule has 0 unspecified atom stereocenters. The van der Waals surface area contributed by atoms with Gasteiger partial charge in [-0.05, 0) is 36.4 Å². The lowest BCUT2D eigenvalue weighted by molar-refractivity contribution is 0.597. The molecule has 0 aliphatic heterocycles. The van der Waals surface area contributed by atoms with Gasteiger partial charge in [-0.2, -0.15) is 0 Å². The van der Waals surface area contributed by atoms with E-state index in [-0.39, 0.29) is 4.90 Å². The summed E-state index contributed by atoms with van der Waals surface area (Å²) in [6.07, 6.45) is 0. The van der Waals surface area contributed by atoms with Crippen LogP contribution in [0, 0.1) is 0 Å². The zero-order chi connectivity index (χ0) is 14.0. The van der Waals surface area contributed by atoms with Gasteiger partial charge in [0.2, 0.25) is 10.0 Å². The second-order valence-corrected chi connectivity index (χ2v) is 6.99. The Kier molecular flexibility index (Phi) is 4.05. The molecule has 2 aromatic rings. The molecule has 2 rings (SSSR count). The Bertz CT molecular complexity index is 717. The van der Waals surface area contributed by atoms with Crippen LogP contribution in [0.4, 0.5) is 5.69 Å². The zero-order valence-electron chi connectivity index (χ0n) is 9.71. The van der Waals surface area contributed by atoms with E-state index in [0.717, 1.165) is 4.90 Å². The van der Waals surface area contributed by atoms with Gasteiger partial charge in [-0.1, -0.05) is 29.4 Å². The first-order valence-corrected chi connectivity index (χ1v) is 7.95. The van der Waals surface area contributed by atoms with Crippen LogP contribution in [0.3, 0.4) is 0 Å². The third-order valence-corrected chi connectivity index (χ3v) is 4.35. The van der Waals surface area contributed by atoms with Crippen LogP contribution in [0.25, 0.3) is 0 Å². The van der Waals surface area contributed by atoms with Crippen LogP contribution >= 0.6 is 23.4 Å². The van der Waals surface area contributed by atoms with Crippen molar-refractivity contribution in [1.29, 1.82) is 0 Å². The third kappa shape index (κ3) is 3.87. The van der Waals surface area contributed by atoms with E-state index < -0.39 is 10.0 Å². The van der Waals surface area contributed by atoms with E-state index in [9.17, 15) is 8.42 Å². The molecule has 0 saturated carbocycles. The third-order valence-electron chi connectivity index (χ3n) is 2.26. The van der Waals surface area contributed by atoms with Crippen molar-refractivity contribution in [1.82, 2.24) is 0 Å². The first-order valence-electron chi connectivity index (χ1n) is 5.21. The molecule has 0 saturated heterocycles. The Labute approximate surface area is 120 Å². The van der Waals surface area contributed by atoms with Crippen LogP contribution in [0.2, 0.25) is 5.02 Å². The van der Waals surface area contributed by atoms with Crippen molar-refractivity contribution in [2.75, 3.05) is 5.73 Å². The highest BCUT2D eigenvalue weighted by Crippen LogP contribution is 2.32. The van der Waals surface area contributed by atoms with Gasteiger partial charge in [0.05, 0.1) is 4.90 Å². The minimum Gasteiger partial charge on any atom is -0.399 e. The quantitative estimate of drug-likeness (QED) is 0.853. The van der Waals surface area contributed by atoms with Crippen LogP contribution in [-0.4, -0.2) is 8.42 Å². The second-order valence-electron chi connectivity index (χ2n) is 3.84. The topological polar surface area (TPSA) is 86.2 Å². The summed E-state index contributed by atoms with van der Waals surface area (Å²) in [5.41, 5.74) is 6.02. The van der Waals surface area contributed by atoms with Gasteiger partial charge in [0.1, 0.15) is 0 Å². The van der Waals surface area contributed by atoms with Crippen molar-refractivity contribution in [2.45, 2.75) is 14.7 Å². The Morgan fingerprint density at radius 3 is 2.42 bits per heavy atom. The molecule has 0 spiro atoms. The number of nitrogens with two attached hydrogens (primary N) is 2. The van der Waals surface area contributed by atoms with Gasteiger partial charge in [0, 0.05) is 20.5 Å². The number of benzene rings is 2. The molecule has 0 heterocycles. The number of nitrogen functional groups attached to an aromatic ring is 1. The number of anilines is 1. The maximum atomic E-state index is 11.3. The van der Waals surface area contributed by atoms with E-state index in [1.165, 1.54) is 23.9 Å². The smallest absolute Gasteiger partial charge is 0.238 e. The summed E-state index contributed by atoms with van der Waals surface area (Å²) in [6, 6.07) is 11.7. The van der Waals surface area contributed by atoms with E-state index in [2.05, 4.69) is 0 Å². The van der Waals surface area contributed by atoms with Crippen molar-refractivity contribution in [3.63, 3.8) is 0 Å². The standard InChI is InChI=1S/C12H11ClN2O2S2/c13-8-2-1-3-10(4-8)18-11-5-9(14)6-12(7-11)19(15,16)17/h1-7H,14H2,(H2,15,16,17). The Hall–Kier alpha value is -1.21. The fourth-order valence-corrected chi connectivity index (χ4v) is 3.39. The number of sulfonamides is 1. The molecule has 4 N–H and O–H groups in total. The van der Waals surface area contributed by atoms with Crippen LogP contribution < -0.4 is 10.9 Å². The van der Waals surface area contributed by atoms with E-state index in [1.807, 2.05) is 12.1 Å². The molecule has 0 aliphatic carbocycles. The lowest BCUT2D eigenvalue weighted by atomic mass is 10.3. The van der Waals surface area contributed by atoms with Crippen molar-refractivity contribution < 1.29 is 8.42 Å². The predicted octanol–water partition coefficient (Wildman–Crippen LogP) is 2.72. The SMILES string of the molecule is Nc1cc(Sc2cccc(Cl)c2)cc(S(N)(=O)=O)c1. The molecule has 0 bridgehead atoms. The Balaban J connectivity index is 2.38. The van der Waals surface area contributed by atoms with Crippen molar-refractivity contribution in [2.24, 2.45) is 5.14 Å². The fourth-order valence-electron chi connectivity index (χ4n) is 1.48. The van der Waals surface area contributed by atoms with E-state index >= 15 is 0 Å². The fraction of sp³-hybridized carbons (Fsp3) is 0. The van der Waals surface area contributed by atoms with Crippen molar-refractivity contribution in [3.8, 4) is 0 Å². The van der Waals surface area contributed by atoms with Crippen molar-refractivity contribution >= 4 is 39.1 Å².